The monoisotopic (exact) mass is 675 g/mol. The number of H-pyrrole nitrogens is 1. The number of carbonyl (C=O) groups excluding carboxylic acids is 5. The van der Waals surface area contributed by atoms with E-state index in [2.05, 4.69) is 25.5 Å². The van der Waals surface area contributed by atoms with E-state index in [4.69, 9.17) is 0 Å². The summed E-state index contributed by atoms with van der Waals surface area (Å²) >= 11 is 0. The Hall–Kier alpha value is -4.27. The molecule has 1 aliphatic carbocycles. The summed E-state index contributed by atoms with van der Waals surface area (Å²) in [6, 6.07) is 3.35. The minimum absolute atomic E-state index is 0.0443. The Balaban J connectivity index is 1.45. The van der Waals surface area contributed by atoms with Gasteiger partial charge in [-0.05, 0) is 43.5 Å². The van der Waals surface area contributed by atoms with E-state index in [1.54, 1.807) is 17.9 Å². The Morgan fingerprint density at radius 2 is 1.75 bits per heavy atom. The first-order valence-electron chi connectivity index (χ1n) is 16.5. The van der Waals surface area contributed by atoms with Gasteiger partial charge in [0.1, 0.15) is 17.6 Å². The first-order valence-corrected chi connectivity index (χ1v) is 16.5. The van der Waals surface area contributed by atoms with Crippen molar-refractivity contribution in [2.45, 2.75) is 70.8 Å². The molecule has 4 N–H and O–H groups in total. The number of rotatable bonds is 14. The third kappa shape index (κ3) is 10.1. The number of nitrogens with one attached hydrogen (secondary N) is 4. The number of aromatic amines is 1. The van der Waals surface area contributed by atoms with Crippen molar-refractivity contribution in [2.75, 3.05) is 45.1 Å². The van der Waals surface area contributed by atoms with Gasteiger partial charge in [-0.1, -0.05) is 32.3 Å². The first-order chi connectivity index (χ1) is 22.9. The maximum atomic E-state index is 15.4. The highest BCUT2D eigenvalue weighted by Gasteiger charge is 2.33. The predicted molar refractivity (Wildman–Crippen MR) is 171 cm³/mol. The number of carbonyl (C=O) groups is 5. The molecule has 2 atom stereocenters. The van der Waals surface area contributed by atoms with Gasteiger partial charge >= 0.3 is 0 Å². The topological polar surface area (TPSA) is 157 Å². The number of amides is 4. The van der Waals surface area contributed by atoms with Gasteiger partial charge in [-0.25, -0.2) is 18.2 Å². The molecule has 1 saturated heterocycles. The molecular formula is C33H44F3N7O5. The highest BCUT2D eigenvalue weighted by atomic mass is 19.3. The third-order valence-corrected chi connectivity index (χ3v) is 8.97. The van der Waals surface area contributed by atoms with Crippen LogP contribution in [0.5, 0.6) is 0 Å². The van der Waals surface area contributed by atoms with Gasteiger partial charge in [-0.3, -0.25) is 24.0 Å². The minimum Gasteiger partial charge on any atom is -0.344 e. The Kier molecular flexibility index (Phi) is 13.1. The maximum Gasteiger partial charge on any atom is 0.287 e. The van der Waals surface area contributed by atoms with Gasteiger partial charge in [0.15, 0.2) is 11.6 Å². The molecule has 1 aromatic heterocycles. The highest BCUT2D eigenvalue weighted by molar-refractivity contribution is 6.01. The van der Waals surface area contributed by atoms with Gasteiger partial charge in [-0.15, -0.1) is 0 Å². The summed E-state index contributed by atoms with van der Waals surface area (Å²) in [5.74, 6) is -4.42. The van der Waals surface area contributed by atoms with Crippen LogP contribution >= 0.6 is 0 Å². The van der Waals surface area contributed by atoms with E-state index in [1.807, 2.05) is 12.4 Å². The molecule has 12 nitrogen and oxygen atoms in total. The standard InChI is InChI=1S/C33H44F3N7O5/c1-3-29(45)39-25(33(48)43-13-11-42(2)12-14-43)16-20-9-10-24(23(34)15-20)41-31(46)22(21-7-5-4-6-8-21)17-27(44)26-18-37-30(40-26)32(47)38-19-28(35)36/h9-10,15,18,21-22,25,28H,3-8,11-14,16-17,19H2,1-2H3,(H,37,40)(H,38,47)(H,39,45)(H,41,46)/t22-,25+/m0/s1. The van der Waals surface area contributed by atoms with E-state index >= 15 is 4.39 Å². The molecule has 0 radical (unpaired) electrons. The molecule has 4 amide bonds. The second kappa shape index (κ2) is 17.2. The minimum atomic E-state index is -2.75. The number of Topliss-reactive ketones (excluding diaryl/α,β-unsaturated/α-hetero) is 1. The number of piperazine rings is 1. The number of ketones is 1. The summed E-state index contributed by atoms with van der Waals surface area (Å²) in [5.41, 5.74) is 0.328. The second-order valence-corrected chi connectivity index (χ2v) is 12.5. The molecule has 0 unspecified atom stereocenters. The van der Waals surface area contributed by atoms with Crippen LogP contribution in [0.25, 0.3) is 0 Å². The van der Waals surface area contributed by atoms with Crippen LogP contribution in [0.3, 0.4) is 0 Å². The fraction of sp³-hybridized carbons (Fsp3) is 0.576. The predicted octanol–water partition coefficient (Wildman–Crippen LogP) is 3.16. The smallest absolute Gasteiger partial charge is 0.287 e. The summed E-state index contributed by atoms with van der Waals surface area (Å²) in [6.07, 6.45) is 2.59. The molecule has 1 aromatic carbocycles. The lowest BCUT2D eigenvalue weighted by Gasteiger charge is -2.34. The van der Waals surface area contributed by atoms with Gasteiger partial charge in [0.2, 0.25) is 17.7 Å². The number of imidazole rings is 1. The molecule has 48 heavy (non-hydrogen) atoms. The SMILES string of the molecule is CCC(=O)N[C@H](Cc1ccc(NC(=O)[C@@H](CC(=O)c2cnc(C(=O)NCC(F)F)[nH]2)C2CCCCC2)c(F)c1)C(=O)N1CCN(C)CC1. The van der Waals surface area contributed by atoms with E-state index in [-0.39, 0.29) is 54.2 Å². The number of anilines is 1. The molecule has 1 saturated carbocycles. The summed E-state index contributed by atoms with van der Waals surface area (Å²) in [6.45, 7) is 3.28. The average Bonchev–Trinajstić information content (AvgIpc) is 3.58. The molecule has 15 heteroatoms. The number of aromatic nitrogens is 2. The molecule has 0 bridgehead atoms. The van der Waals surface area contributed by atoms with Crippen LogP contribution in [0.15, 0.2) is 24.4 Å². The summed E-state index contributed by atoms with van der Waals surface area (Å²) in [7, 11) is 1.97. The van der Waals surface area contributed by atoms with Crippen molar-refractivity contribution in [2.24, 2.45) is 11.8 Å². The van der Waals surface area contributed by atoms with Gasteiger partial charge in [0.25, 0.3) is 12.3 Å². The third-order valence-electron chi connectivity index (χ3n) is 8.97. The number of alkyl halides is 2. The normalized spacial score (nSPS) is 17.1. The summed E-state index contributed by atoms with van der Waals surface area (Å²) < 4.78 is 40.4. The van der Waals surface area contributed by atoms with Crippen molar-refractivity contribution in [3.05, 3.63) is 47.3 Å². The van der Waals surface area contributed by atoms with Crippen molar-refractivity contribution in [1.82, 2.24) is 30.4 Å². The number of nitrogens with zero attached hydrogens (tertiary/aromatic N) is 3. The maximum absolute atomic E-state index is 15.4. The second-order valence-electron chi connectivity index (χ2n) is 12.5. The lowest BCUT2D eigenvalue weighted by molar-refractivity contribution is -0.137. The van der Waals surface area contributed by atoms with Crippen molar-refractivity contribution >= 4 is 35.1 Å². The number of hydrogen-bond donors (Lipinski definition) is 4. The summed E-state index contributed by atoms with van der Waals surface area (Å²) in [4.78, 5) is 74.6. The Labute approximate surface area is 277 Å². The molecule has 262 valence electrons. The van der Waals surface area contributed by atoms with Crippen molar-refractivity contribution in [3.8, 4) is 0 Å². The van der Waals surface area contributed by atoms with E-state index in [1.165, 1.54) is 12.1 Å². The van der Waals surface area contributed by atoms with Gasteiger partial charge in [0.05, 0.1) is 18.4 Å². The zero-order valence-electron chi connectivity index (χ0n) is 27.3. The van der Waals surface area contributed by atoms with E-state index in [0.29, 0.717) is 44.6 Å². The molecule has 2 aliphatic rings. The van der Waals surface area contributed by atoms with Crippen LogP contribution in [0.4, 0.5) is 18.9 Å². The van der Waals surface area contributed by atoms with Crippen molar-refractivity contribution in [1.29, 1.82) is 0 Å². The van der Waals surface area contributed by atoms with Crippen LogP contribution in [-0.2, 0) is 20.8 Å². The van der Waals surface area contributed by atoms with Gasteiger partial charge < -0.3 is 30.7 Å². The number of likely N-dealkylation sites (N-methyl/N-ethyl adjacent to an activating group) is 1. The number of hydrogen-bond acceptors (Lipinski definition) is 7. The Bertz CT molecular complexity index is 1450. The van der Waals surface area contributed by atoms with Crippen LogP contribution in [-0.4, -0.2) is 101 Å². The van der Waals surface area contributed by atoms with Crippen molar-refractivity contribution in [3.63, 3.8) is 0 Å². The number of benzene rings is 1. The van der Waals surface area contributed by atoms with Crippen LogP contribution in [0.2, 0.25) is 0 Å². The molecule has 2 fully saturated rings. The van der Waals surface area contributed by atoms with Crippen LogP contribution < -0.4 is 16.0 Å². The Morgan fingerprint density at radius 3 is 2.40 bits per heavy atom. The van der Waals surface area contributed by atoms with Crippen LogP contribution in [0.1, 0.15) is 78.5 Å². The van der Waals surface area contributed by atoms with E-state index < -0.39 is 48.3 Å². The Morgan fingerprint density at radius 1 is 1.04 bits per heavy atom. The lowest BCUT2D eigenvalue weighted by Crippen LogP contribution is -2.54. The zero-order valence-corrected chi connectivity index (χ0v) is 27.3. The first kappa shape index (κ1) is 36.6. The van der Waals surface area contributed by atoms with Crippen molar-refractivity contribution < 1.29 is 37.1 Å². The van der Waals surface area contributed by atoms with E-state index in [0.717, 1.165) is 25.5 Å². The highest BCUT2D eigenvalue weighted by Crippen LogP contribution is 2.34. The average molecular weight is 676 g/mol. The zero-order chi connectivity index (χ0) is 34.8. The molecule has 2 heterocycles. The number of halogens is 3. The molecule has 1 aliphatic heterocycles. The largest absolute Gasteiger partial charge is 0.344 e. The molecule has 2 aromatic rings. The van der Waals surface area contributed by atoms with E-state index in [9.17, 15) is 32.8 Å². The molecule has 4 rings (SSSR count). The van der Waals surface area contributed by atoms with Gasteiger partial charge in [-0.2, -0.15) is 0 Å². The fourth-order valence-electron chi connectivity index (χ4n) is 6.14. The fourth-order valence-corrected chi connectivity index (χ4v) is 6.14. The quantitative estimate of drug-likeness (QED) is 0.224. The van der Waals surface area contributed by atoms with Crippen LogP contribution in [0, 0.1) is 17.7 Å². The summed E-state index contributed by atoms with van der Waals surface area (Å²) in [5, 5.41) is 7.41. The molecule has 0 spiro atoms. The van der Waals surface area contributed by atoms with Gasteiger partial charge in [0, 0.05) is 51.4 Å². The lowest BCUT2D eigenvalue weighted by atomic mass is 9.77. The molecular weight excluding hydrogens is 631 g/mol.